The molecule has 0 unspecified atom stereocenters. The minimum atomic E-state index is -0.666. The molecule has 0 bridgehead atoms. The first-order valence-corrected chi connectivity index (χ1v) is 17.3. The maximum Gasteiger partial charge on any atom is 0.248 e. The average Bonchev–Trinajstić information content (AvgIpc) is 3.42. The second-order valence-electron chi connectivity index (χ2n) is 14.0. The van der Waals surface area contributed by atoms with E-state index in [2.05, 4.69) is 73.9 Å². The summed E-state index contributed by atoms with van der Waals surface area (Å²) in [5, 5.41) is 8.37. The summed E-state index contributed by atoms with van der Waals surface area (Å²) in [4.78, 5) is 58.7. The number of benzene rings is 1. The SMILES string of the molecule is CC(=O)c1nn(CC(=O)N2[C@H](C(=O)Nc3nc(Br)ccc3C)C[C@@]3(CN(C(C)C)C(C)C)C[C@@H]23)c2c(C)cc(-c3cnc(C)nc3)cc12. The van der Waals surface area contributed by atoms with Gasteiger partial charge in [0.05, 0.1) is 5.52 Å². The number of hydrogen-bond donors (Lipinski definition) is 1. The molecule has 48 heavy (non-hydrogen) atoms. The second-order valence-corrected chi connectivity index (χ2v) is 14.8. The highest BCUT2D eigenvalue weighted by atomic mass is 79.9. The van der Waals surface area contributed by atoms with Crippen LogP contribution in [0.15, 0.2) is 41.3 Å². The molecule has 252 valence electrons. The number of nitrogens with zero attached hydrogens (tertiary/aromatic N) is 7. The Morgan fingerprint density at radius 2 is 1.69 bits per heavy atom. The molecule has 1 aliphatic carbocycles. The van der Waals surface area contributed by atoms with Crippen molar-refractivity contribution in [2.24, 2.45) is 5.41 Å². The Bertz CT molecular complexity index is 1910. The molecule has 0 radical (unpaired) electrons. The van der Waals surface area contributed by atoms with Crippen LogP contribution in [-0.2, 0) is 16.1 Å². The van der Waals surface area contributed by atoms with Crippen molar-refractivity contribution < 1.29 is 14.4 Å². The largest absolute Gasteiger partial charge is 0.325 e. The summed E-state index contributed by atoms with van der Waals surface area (Å²) in [5.74, 6) is 0.498. The number of Topliss-reactive ketones (excluding diaryl/α,β-unsaturated/α-hetero) is 1. The van der Waals surface area contributed by atoms with E-state index in [1.807, 2.05) is 45.0 Å². The number of aryl methyl sites for hydroxylation is 3. The van der Waals surface area contributed by atoms with Crippen molar-refractivity contribution in [1.82, 2.24) is 34.5 Å². The van der Waals surface area contributed by atoms with Crippen molar-refractivity contribution in [3.63, 3.8) is 0 Å². The van der Waals surface area contributed by atoms with Crippen molar-refractivity contribution in [2.75, 3.05) is 11.9 Å². The fourth-order valence-electron chi connectivity index (χ4n) is 7.42. The van der Waals surface area contributed by atoms with Crippen molar-refractivity contribution in [3.8, 4) is 11.1 Å². The summed E-state index contributed by atoms with van der Waals surface area (Å²) in [6.45, 7) is 16.6. The summed E-state index contributed by atoms with van der Waals surface area (Å²) < 4.78 is 2.25. The van der Waals surface area contributed by atoms with Gasteiger partial charge in [-0.2, -0.15) is 5.10 Å². The molecule has 1 N–H and O–H groups in total. The molecule has 3 atom stereocenters. The molecule has 6 rings (SSSR count). The Morgan fingerprint density at radius 1 is 1.00 bits per heavy atom. The van der Waals surface area contributed by atoms with Gasteiger partial charge >= 0.3 is 0 Å². The maximum absolute atomic E-state index is 14.4. The summed E-state index contributed by atoms with van der Waals surface area (Å²) in [6, 6.07) is 7.55. The van der Waals surface area contributed by atoms with E-state index >= 15 is 0 Å². The van der Waals surface area contributed by atoms with Crippen LogP contribution < -0.4 is 5.32 Å². The van der Waals surface area contributed by atoms with Gasteiger partial charge < -0.3 is 10.2 Å². The van der Waals surface area contributed by atoms with Gasteiger partial charge in [-0.1, -0.05) is 6.07 Å². The van der Waals surface area contributed by atoms with Crippen molar-refractivity contribution >= 4 is 50.2 Å². The maximum atomic E-state index is 14.4. The highest BCUT2D eigenvalue weighted by molar-refractivity contribution is 9.10. The highest BCUT2D eigenvalue weighted by Gasteiger charge is 2.67. The number of piperidine rings is 1. The lowest BCUT2D eigenvalue weighted by Crippen LogP contribution is -2.47. The van der Waals surface area contributed by atoms with E-state index in [0.29, 0.717) is 51.3 Å². The number of amides is 2. The molecule has 3 aromatic heterocycles. The minimum absolute atomic E-state index is 0.0688. The number of fused-ring (bicyclic) bond motifs is 2. The molecule has 1 aromatic carbocycles. The highest BCUT2D eigenvalue weighted by Crippen LogP contribution is 2.60. The Morgan fingerprint density at radius 3 is 2.33 bits per heavy atom. The molecule has 1 saturated heterocycles. The average molecular weight is 716 g/mol. The number of likely N-dealkylation sites (tertiary alicyclic amines) is 1. The van der Waals surface area contributed by atoms with Crippen LogP contribution in [0.25, 0.3) is 22.0 Å². The quantitative estimate of drug-likeness (QED) is 0.159. The number of hydrogen-bond acceptors (Lipinski definition) is 8. The predicted octanol–water partition coefficient (Wildman–Crippen LogP) is 5.90. The molecular formula is C36H43BrN8O3. The molecule has 2 fully saturated rings. The van der Waals surface area contributed by atoms with Crippen LogP contribution >= 0.6 is 15.9 Å². The number of aromatic nitrogens is 5. The number of pyridine rings is 1. The smallest absolute Gasteiger partial charge is 0.248 e. The fourth-order valence-corrected chi connectivity index (χ4v) is 7.73. The van der Waals surface area contributed by atoms with Crippen LogP contribution in [0.2, 0.25) is 0 Å². The first-order chi connectivity index (χ1) is 22.7. The second kappa shape index (κ2) is 12.8. The molecular weight excluding hydrogens is 672 g/mol. The van der Waals surface area contributed by atoms with Gasteiger partial charge in [0.15, 0.2) is 5.78 Å². The van der Waals surface area contributed by atoms with Gasteiger partial charge in [0.2, 0.25) is 11.8 Å². The van der Waals surface area contributed by atoms with Gasteiger partial charge in [0.25, 0.3) is 0 Å². The van der Waals surface area contributed by atoms with Crippen molar-refractivity contribution in [3.05, 3.63) is 63.9 Å². The Labute approximate surface area is 289 Å². The first kappa shape index (κ1) is 33.9. The third-order valence-corrected chi connectivity index (χ3v) is 10.3. The topological polar surface area (TPSA) is 126 Å². The van der Waals surface area contributed by atoms with Gasteiger partial charge in [-0.05, 0) is 112 Å². The lowest BCUT2D eigenvalue weighted by atomic mass is 9.97. The number of nitrogens with one attached hydrogen (secondary N) is 1. The molecule has 0 spiro atoms. The molecule has 1 aliphatic heterocycles. The lowest BCUT2D eigenvalue weighted by Gasteiger charge is -2.33. The van der Waals surface area contributed by atoms with Gasteiger partial charge in [-0.15, -0.1) is 0 Å². The number of anilines is 1. The third kappa shape index (κ3) is 6.27. The number of carbonyl (C=O) groups excluding carboxylic acids is 3. The Balaban J connectivity index is 1.35. The van der Waals surface area contributed by atoms with E-state index in [4.69, 9.17) is 0 Å². The zero-order valence-corrected chi connectivity index (χ0v) is 30.4. The number of carbonyl (C=O) groups is 3. The van der Waals surface area contributed by atoms with Crippen LogP contribution in [-0.4, -0.2) is 82.8 Å². The van der Waals surface area contributed by atoms with Gasteiger partial charge in [0.1, 0.15) is 34.5 Å². The normalized spacial score (nSPS) is 20.2. The van der Waals surface area contributed by atoms with Crippen LogP contribution in [0.5, 0.6) is 0 Å². The van der Waals surface area contributed by atoms with Crippen LogP contribution in [0, 0.1) is 26.2 Å². The fraction of sp³-hybridized carbons (Fsp3) is 0.472. The Hall–Kier alpha value is -4.03. The molecule has 2 aliphatic rings. The summed E-state index contributed by atoms with van der Waals surface area (Å²) >= 11 is 3.41. The van der Waals surface area contributed by atoms with Gasteiger partial charge in [0, 0.05) is 60.4 Å². The number of rotatable bonds is 10. The Kier molecular flexibility index (Phi) is 9.01. The van der Waals surface area contributed by atoms with Crippen molar-refractivity contribution in [1.29, 1.82) is 0 Å². The zero-order valence-electron chi connectivity index (χ0n) is 28.8. The molecule has 1 saturated carbocycles. The number of halogens is 1. The van der Waals surface area contributed by atoms with Crippen LogP contribution in [0.4, 0.5) is 5.82 Å². The van der Waals surface area contributed by atoms with Gasteiger partial charge in [-0.3, -0.25) is 24.0 Å². The molecule has 4 aromatic rings. The van der Waals surface area contributed by atoms with Crippen LogP contribution in [0.1, 0.15) is 74.9 Å². The third-order valence-electron chi connectivity index (χ3n) is 9.90. The molecule has 11 nitrogen and oxygen atoms in total. The standard InChI is InChI=1S/C36H43BrN8O3/c1-19(2)43(20(3)4)18-36-13-28(35(48)41-34-21(5)9-10-30(37)40-34)45(29(36)14-36)31(47)17-44-33-22(6)11-25(26-15-38-24(8)39-16-26)12-27(33)32(42-44)23(7)46/h9-12,15-16,19-20,28-29H,13-14,17-18H2,1-8H3,(H,40,41,48)/t28-,29+,36-/m0/s1. The van der Waals surface area contributed by atoms with E-state index in [1.54, 1.807) is 22.0 Å². The molecule has 2 amide bonds. The zero-order chi connectivity index (χ0) is 34.7. The van der Waals surface area contributed by atoms with E-state index in [-0.39, 0.29) is 35.6 Å². The monoisotopic (exact) mass is 714 g/mol. The van der Waals surface area contributed by atoms with E-state index in [0.717, 1.165) is 35.2 Å². The summed E-state index contributed by atoms with van der Waals surface area (Å²) in [6.07, 6.45) is 4.93. The van der Waals surface area contributed by atoms with E-state index in [1.165, 1.54) is 6.92 Å². The number of ketones is 1. The summed E-state index contributed by atoms with van der Waals surface area (Å²) in [7, 11) is 0. The van der Waals surface area contributed by atoms with Gasteiger partial charge in [-0.25, -0.2) is 15.0 Å². The van der Waals surface area contributed by atoms with Crippen molar-refractivity contribution in [2.45, 2.75) is 98.9 Å². The lowest BCUT2D eigenvalue weighted by molar-refractivity contribution is -0.138. The molecule has 4 heterocycles. The molecule has 12 heteroatoms. The first-order valence-electron chi connectivity index (χ1n) is 16.5. The summed E-state index contributed by atoms with van der Waals surface area (Å²) in [5.41, 5.74) is 4.23. The minimum Gasteiger partial charge on any atom is -0.325 e. The van der Waals surface area contributed by atoms with E-state index in [9.17, 15) is 14.4 Å². The van der Waals surface area contributed by atoms with E-state index < -0.39 is 6.04 Å². The predicted molar refractivity (Wildman–Crippen MR) is 189 cm³/mol. The van der Waals surface area contributed by atoms with Crippen LogP contribution in [0.3, 0.4) is 0 Å².